The van der Waals surface area contributed by atoms with Gasteiger partial charge < -0.3 is 10.4 Å². The summed E-state index contributed by atoms with van der Waals surface area (Å²) < 4.78 is 1.79. The first-order chi connectivity index (χ1) is 11.7. The number of imidazole rings is 1. The summed E-state index contributed by atoms with van der Waals surface area (Å²) in [6, 6.07) is 11.4. The highest BCUT2D eigenvalue weighted by Crippen LogP contribution is 2.22. The van der Waals surface area contributed by atoms with Crippen LogP contribution in [-0.2, 0) is 4.79 Å². The van der Waals surface area contributed by atoms with Crippen LogP contribution in [0.4, 0.5) is 5.82 Å². The molecule has 2 heterocycles. The molecule has 0 amide bonds. The number of rotatable bonds is 6. The van der Waals surface area contributed by atoms with Crippen LogP contribution in [0.1, 0.15) is 18.9 Å². The second-order valence-electron chi connectivity index (χ2n) is 5.36. The maximum Gasteiger partial charge on any atom is 0.328 e. The van der Waals surface area contributed by atoms with Crippen LogP contribution in [0.15, 0.2) is 48.7 Å². The molecule has 1 aromatic carbocycles. The number of carboxylic acid groups (broad SMARTS) is 1. The minimum atomic E-state index is -0.969. The first kappa shape index (κ1) is 15.7. The molecular formula is C18H18N4O2. The lowest BCUT2D eigenvalue weighted by Crippen LogP contribution is -2.05. The third kappa shape index (κ3) is 3.43. The second-order valence-corrected chi connectivity index (χ2v) is 5.36. The van der Waals surface area contributed by atoms with E-state index in [4.69, 9.17) is 5.11 Å². The minimum absolute atomic E-state index is 0.763. The summed E-state index contributed by atoms with van der Waals surface area (Å²) in [5.41, 5.74) is 3.36. The molecule has 3 rings (SSSR count). The molecular weight excluding hydrogens is 304 g/mol. The zero-order valence-electron chi connectivity index (χ0n) is 13.3. The Kier molecular flexibility index (Phi) is 4.56. The first-order valence-corrected chi connectivity index (χ1v) is 7.77. The highest BCUT2D eigenvalue weighted by atomic mass is 16.4. The number of carboxylic acids is 1. The molecule has 0 spiro atoms. The monoisotopic (exact) mass is 322 g/mol. The van der Waals surface area contributed by atoms with Gasteiger partial charge in [-0.05, 0) is 36.3 Å². The highest BCUT2D eigenvalue weighted by molar-refractivity contribution is 5.85. The van der Waals surface area contributed by atoms with Crippen molar-refractivity contribution in [2.24, 2.45) is 0 Å². The summed E-state index contributed by atoms with van der Waals surface area (Å²) >= 11 is 0. The highest BCUT2D eigenvalue weighted by Gasteiger charge is 2.08. The fraction of sp³-hybridized carbons (Fsp3) is 0.167. The Morgan fingerprint density at radius 2 is 2.21 bits per heavy atom. The van der Waals surface area contributed by atoms with Gasteiger partial charge in [-0.15, -0.1) is 5.10 Å². The molecule has 3 aromatic rings. The van der Waals surface area contributed by atoms with Crippen LogP contribution in [0.25, 0.3) is 23.0 Å². The number of carbonyl (C=O) groups is 1. The number of anilines is 1. The predicted molar refractivity (Wildman–Crippen MR) is 93.9 cm³/mol. The van der Waals surface area contributed by atoms with E-state index in [9.17, 15) is 4.79 Å². The number of hydrogen-bond acceptors (Lipinski definition) is 4. The number of hydrogen-bond donors (Lipinski definition) is 2. The van der Waals surface area contributed by atoms with Crippen LogP contribution < -0.4 is 5.32 Å². The third-order valence-electron chi connectivity index (χ3n) is 3.52. The van der Waals surface area contributed by atoms with Gasteiger partial charge in [0.15, 0.2) is 5.65 Å². The molecule has 6 nitrogen and oxygen atoms in total. The van der Waals surface area contributed by atoms with E-state index in [0.717, 1.165) is 47.3 Å². The smallest absolute Gasteiger partial charge is 0.328 e. The molecule has 0 radical (unpaired) electrons. The van der Waals surface area contributed by atoms with Crippen molar-refractivity contribution < 1.29 is 9.90 Å². The Morgan fingerprint density at radius 1 is 1.33 bits per heavy atom. The summed E-state index contributed by atoms with van der Waals surface area (Å²) in [6.07, 6.45) is 5.48. The van der Waals surface area contributed by atoms with E-state index in [1.165, 1.54) is 0 Å². The number of nitrogens with one attached hydrogen (secondary N) is 1. The van der Waals surface area contributed by atoms with Crippen LogP contribution >= 0.6 is 0 Å². The van der Waals surface area contributed by atoms with Gasteiger partial charge in [0.05, 0.1) is 11.9 Å². The Morgan fingerprint density at radius 3 is 3.00 bits per heavy atom. The average molecular weight is 322 g/mol. The molecule has 0 saturated carbocycles. The molecule has 0 atom stereocenters. The van der Waals surface area contributed by atoms with E-state index in [1.54, 1.807) is 16.8 Å². The Hall–Kier alpha value is -3.15. The SMILES string of the molecule is CCCNc1ccc2ncc(-c3cccc(C=CC(=O)O)c3)n2n1. The lowest BCUT2D eigenvalue weighted by molar-refractivity contribution is -0.131. The van der Waals surface area contributed by atoms with Gasteiger partial charge in [0, 0.05) is 18.2 Å². The lowest BCUT2D eigenvalue weighted by Gasteiger charge is -2.06. The Labute approximate surface area is 139 Å². The van der Waals surface area contributed by atoms with E-state index in [1.807, 2.05) is 36.4 Å². The Bertz CT molecular complexity index is 899. The van der Waals surface area contributed by atoms with Crippen molar-refractivity contribution >= 4 is 23.5 Å². The summed E-state index contributed by atoms with van der Waals surface area (Å²) in [4.78, 5) is 15.0. The first-order valence-electron chi connectivity index (χ1n) is 7.77. The summed E-state index contributed by atoms with van der Waals surface area (Å²) in [7, 11) is 0. The minimum Gasteiger partial charge on any atom is -0.478 e. The molecule has 0 aliphatic rings. The van der Waals surface area contributed by atoms with Crippen molar-refractivity contribution in [2.45, 2.75) is 13.3 Å². The second kappa shape index (κ2) is 6.95. The molecule has 0 aliphatic carbocycles. The van der Waals surface area contributed by atoms with Crippen LogP contribution in [0.5, 0.6) is 0 Å². The third-order valence-corrected chi connectivity index (χ3v) is 3.52. The summed E-state index contributed by atoms with van der Waals surface area (Å²) in [5.74, 6) is -0.172. The van der Waals surface area contributed by atoms with E-state index in [2.05, 4.69) is 22.3 Å². The summed E-state index contributed by atoms with van der Waals surface area (Å²) in [5, 5.41) is 16.6. The normalized spacial score (nSPS) is 11.2. The van der Waals surface area contributed by atoms with Gasteiger partial charge in [0.1, 0.15) is 5.82 Å². The maximum atomic E-state index is 10.7. The summed E-state index contributed by atoms with van der Waals surface area (Å²) in [6.45, 7) is 2.96. The van der Waals surface area contributed by atoms with Crippen LogP contribution in [0, 0.1) is 0 Å². The van der Waals surface area contributed by atoms with Crippen molar-refractivity contribution in [3.05, 3.63) is 54.2 Å². The van der Waals surface area contributed by atoms with E-state index in [0.29, 0.717) is 0 Å². The van der Waals surface area contributed by atoms with Crippen molar-refractivity contribution in [1.29, 1.82) is 0 Å². The topological polar surface area (TPSA) is 79.5 Å². The number of benzene rings is 1. The molecule has 0 saturated heterocycles. The van der Waals surface area contributed by atoms with Gasteiger partial charge in [-0.2, -0.15) is 0 Å². The van der Waals surface area contributed by atoms with Crippen LogP contribution in [0.3, 0.4) is 0 Å². The maximum absolute atomic E-state index is 10.7. The van der Waals surface area contributed by atoms with Crippen molar-refractivity contribution in [3.63, 3.8) is 0 Å². The fourth-order valence-electron chi connectivity index (χ4n) is 2.39. The molecule has 24 heavy (non-hydrogen) atoms. The molecule has 0 aliphatic heterocycles. The zero-order chi connectivity index (χ0) is 16.9. The molecule has 0 bridgehead atoms. The molecule has 0 unspecified atom stereocenters. The Balaban J connectivity index is 1.99. The largest absolute Gasteiger partial charge is 0.478 e. The zero-order valence-corrected chi connectivity index (χ0v) is 13.3. The average Bonchev–Trinajstić information content (AvgIpc) is 3.01. The van der Waals surface area contributed by atoms with Gasteiger partial charge in [0.25, 0.3) is 0 Å². The van der Waals surface area contributed by atoms with Gasteiger partial charge >= 0.3 is 5.97 Å². The van der Waals surface area contributed by atoms with E-state index < -0.39 is 5.97 Å². The molecule has 2 N–H and O–H groups in total. The van der Waals surface area contributed by atoms with Crippen molar-refractivity contribution in [3.8, 4) is 11.3 Å². The van der Waals surface area contributed by atoms with E-state index >= 15 is 0 Å². The van der Waals surface area contributed by atoms with Gasteiger partial charge in [-0.1, -0.05) is 25.1 Å². The fourth-order valence-corrected chi connectivity index (χ4v) is 2.39. The predicted octanol–water partition coefficient (Wildman–Crippen LogP) is 3.32. The number of fused-ring (bicyclic) bond motifs is 1. The van der Waals surface area contributed by atoms with Gasteiger partial charge in [-0.25, -0.2) is 14.3 Å². The number of nitrogens with zero attached hydrogens (tertiary/aromatic N) is 3. The van der Waals surface area contributed by atoms with Crippen LogP contribution in [-0.4, -0.2) is 32.2 Å². The number of aliphatic carboxylic acids is 1. The molecule has 122 valence electrons. The molecule has 6 heteroatoms. The van der Waals surface area contributed by atoms with Gasteiger partial charge in [-0.3, -0.25) is 0 Å². The standard InChI is InChI=1S/C18H18N4O2/c1-2-10-19-16-7-8-17-20-12-15(22(17)21-16)14-5-3-4-13(11-14)6-9-18(23)24/h3-9,11-12H,2,10H2,1H3,(H,19,21)(H,23,24). The molecule has 2 aromatic heterocycles. The van der Waals surface area contributed by atoms with Gasteiger partial charge in [0.2, 0.25) is 0 Å². The van der Waals surface area contributed by atoms with Crippen molar-refractivity contribution in [1.82, 2.24) is 14.6 Å². The quantitative estimate of drug-likeness (QED) is 0.681. The van der Waals surface area contributed by atoms with Crippen molar-refractivity contribution in [2.75, 3.05) is 11.9 Å². The van der Waals surface area contributed by atoms with E-state index in [-0.39, 0.29) is 0 Å². The molecule has 0 fully saturated rings. The van der Waals surface area contributed by atoms with Crippen LogP contribution in [0.2, 0.25) is 0 Å². The number of aromatic nitrogens is 3. The lowest BCUT2D eigenvalue weighted by atomic mass is 10.1.